The number of carbonyl (C=O) groups excluding carboxylic acids is 1. The van der Waals surface area contributed by atoms with E-state index < -0.39 is 11.9 Å². The van der Waals surface area contributed by atoms with E-state index in [0.717, 1.165) is 16.4 Å². The molecular weight excluding hydrogens is 286 g/mol. The quantitative estimate of drug-likeness (QED) is 0.765. The molecule has 2 aromatic rings. The van der Waals surface area contributed by atoms with E-state index in [1.165, 1.54) is 19.4 Å². The predicted molar refractivity (Wildman–Crippen MR) is 65.2 cm³/mol. The molecule has 0 atom stereocenters. The molecule has 104 valence electrons. The number of hydrogen-bond acceptors (Lipinski definition) is 8. The Morgan fingerprint density at radius 3 is 3.00 bits per heavy atom. The first-order chi connectivity index (χ1) is 9.60. The van der Waals surface area contributed by atoms with Crippen molar-refractivity contribution < 1.29 is 19.4 Å². The molecule has 1 N–H and O–H groups in total. The summed E-state index contributed by atoms with van der Waals surface area (Å²) >= 11 is 1.12. The van der Waals surface area contributed by atoms with Crippen LogP contribution < -0.4 is 0 Å². The van der Waals surface area contributed by atoms with Gasteiger partial charge in [-0.2, -0.15) is 0 Å². The van der Waals surface area contributed by atoms with E-state index in [1.54, 1.807) is 6.07 Å². The van der Waals surface area contributed by atoms with Crippen LogP contribution in [-0.2, 0) is 16.1 Å². The van der Waals surface area contributed by atoms with E-state index in [1.807, 2.05) is 0 Å². The fourth-order valence-corrected chi connectivity index (χ4v) is 2.09. The smallest absolute Gasteiger partial charge is 0.356 e. The van der Waals surface area contributed by atoms with Gasteiger partial charge < -0.3 is 9.84 Å². The fourth-order valence-electron chi connectivity index (χ4n) is 1.29. The molecule has 0 spiro atoms. The third kappa shape index (κ3) is 3.29. The third-order valence-electron chi connectivity index (χ3n) is 2.12. The molecule has 0 aliphatic heterocycles. The number of esters is 1. The molecule has 9 nitrogen and oxygen atoms in total. The summed E-state index contributed by atoms with van der Waals surface area (Å²) in [6.07, 6.45) is 1.44. The van der Waals surface area contributed by atoms with E-state index in [4.69, 9.17) is 5.11 Å². The lowest BCUT2D eigenvalue weighted by Gasteiger charge is -2.03. The van der Waals surface area contributed by atoms with Crippen LogP contribution >= 0.6 is 11.8 Å². The highest BCUT2D eigenvalue weighted by atomic mass is 32.2. The zero-order chi connectivity index (χ0) is 14.5. The van der Waals surface area contributed by atoms with E-state index >= 15 is 0 Å². The van der Waals surface area contributed by atoms with Crippen molar-refractivity contribution >= 4 is 23.7 Å². The Labute approximate surface area is 117 Å². The topological polar surface area (TPSA) is 120 Å². The van der Waals surface area contributed by atoms with Gasteiger partial charge in [0.1, 0.15) is 12.2 Å². The molecule has 0 aromatic carbocycles. The number of carboxylic acid groups (broad SMARTS) is 1. The summed E-state index contributed by atoms with van der Waals surface area (Å²) in [5.74, 6) is -1.61. The molecule has 2 heterocycles. The molecule has 0 saturated carbocycles. The molecule has 2 rings (SSSR count). The molecule has 0 fully saturated rings. The number of carboxylic acids is 1. The van der Waals surface area contributed by atoms with Crippen LogP contribution in [0.2, 0.25) is 0 Å². The average molecular weight is 295 g/mol. The van der Waals surface area contributed by atoms with Gasteiger partial charge in [0.2, 0.25) is 5.16 Å². The largest absolute Gasteiger partial charge is 0.480 e. The third-order valence-corrected chi connectivity index (χ3v) is 3.08. The zero-order valence-corrected chi connectivity index (χ0v) is 11.1. The van der Waals surface area contributed by atoms with Gasteiger partial charge in [0.25, 0.3) is 0 Å². The lowest BCUT2D eigenvalue weighted by molar-refractivity contribution is -0.138. The number of rotatable bonds is 5. The van der Waals surface area contributed by atoms with Gasteiger partial charge in [-0.3, -0.25) is 4.79 Å². The molecule has 20 heavy (non-hydrogen) atoms. The Morgan fingerprint density at radius 2 is 2.30 bits per heavy atom. The maximum atomic E-state index is 11.4. The second kappa shape index (κ2) is 6.10. The summed E-state index contributed by atoms with van der Waals surface area (Å²) in [7, 11) is 1.26. The first-order valence-electron chi connectivity index (χ1n) is 5.30. The van der Waals surface area contributed by atoms with Crippen LogP contribution in [0.15, 0.2) is 28.4 Å². The predicted octanol–water partition coefficient (Wildman–Crippen LogP) is 0.0905. The number of aliphatic carboxylic acids is 1. The van der Waals surface area contributed by atoms with Crippen LogP contribution in [0.5, 0.6) is 0 Å². The lowest BCUT2D eigenvalue weighted by atomic mass is 10.3. The molecule has 0 radical (unpaired) electrons. The summed E-state index contributed by atoms with van der Waals surface area (Å²) in [5, 5.41) is 19.7. The van der Waals surface area contributed by atoms with Crippen LogP contribution in [0.3, 0.4) is 0 Å². The summed E-state index contributed by atoms with van der Waals surface area (Å²) in [5.41, 5.74) is 0.148. The van der Waals surface area contributed by atoms with Crippen molar-refractivity contribution in [1.29, 1.82) is 0 Å². The van der Waals surface area contributed by atoms with Crippen LogP contribution in [0.1, 0.15) is 10.5 Å². The van der Waals surface area contributed by atoms with Crippen LogP contribution in [0.4, 0.5) is 0 Å². The van der Waals surface area contributed by atoms with Gasteiger partial charge in [-0.25, -0.2) is 14.5 Å². The fraction of sp³-hybridized carbons (Fsp3) is 0.200. The molecule has 0 unspecified atom stereocenters. The molecule has 0 aliphatic rings. The van der Waals surface area contributed by atoms with Crippen LogP contribution in [0.25, 0.3) is 0 Å². The Bertz CT molecular complexity index is 644. The molecule has 0 saturated heterocycles. The standard InChI is InChI=1S/C10H9N5O4S/c1-19-9(18)7-4-6(2-3-11-7)20-10-12-13-14-15(10)5-8(16)17/h2-4H,5H2,1H3,(H,16,17). The Balaban J connectivity index is 2.20. The second-order valence-electron chi connectivity index (χ2n) is 3.48. The second-order valence-corrected chi connectivity index (χ2v) is 4.52. The summed E-state index contributed by atoms with van der Waals surface area (Å²) in [4.78, 5) is 26.5. The van der Waals surface area contributed by atoms with Gasteiger partial charge in [-0.15, -0.1) is 5.10 Å². The van der Waals surface area contributed by atoms with Crippen LogP contribution in [-0.4, -0.2) is 49.3 Å². The lowest BCUT2D eigenvalue weighted by Crippen LogP contribution is -2.11. The molecule has 0 bridgehead atoms. The average Bonchev–Trinajstić information content (AvgIpc) is 2.84. The number of hydrogen-bond donors (Lipinski definition) is 1. The number of methoxy groups -OCH3 is 1. The Kier molecular flexibility index (Phi) is 4.25. The highest BCUT2D eigenvalue weighted by Gasteiger charge is 2.13. The van der Waals surface area contributed by atoms with Gasteiger partial charge in [0, 0.05) is 11.1 Å². The number of nitrogens with zero attached hydrogens (tertiary/aromatic N) is 5. The Morgan fingerprint density at radius 1 is 1.50 bits per heavy atom. The van der Waals surface area contributed by atoms with Crippen molar-refractivity contribution in [3.05, 3.63) is 24.0 Å². The van der Waals surface area contributed by atoms with Crippen molar-refractivity contribution in [2.75, 3.05) is 7.11 Å². The maximum absolute atomic E-state index is 11.4. The van der Waals surface area contributed by atoms with Crippen molar-refractivity contribution in [1.82, 2.24) is 25.2 Å². The zero-order valence-electron chi connectivity index (χ0n) is 10.3. The normalized spacial score (nSPS) is 10.2. The number of ether oxygens (including phenoxy) is 1. The molecule has 2 aromatic heterocycles. The summed E-state index contributed by atoms with van der Waals surface area (Å²) < 4.78 is 5.71. The number of carbonyl (C=O) groups is 2. The number of pyridine rings is 1. The van der Waals surface area contributed by atoms with Crippen molar-refractivity contribution in [3.8, 4) is 0 Å². The Hall–Kier alpha value is -2.49. The minimum atomic E-state index is -1.05. The minimum Gasteiger partial charge on any atom is -0.480 e. The molecule has 0 amide bonds. The first-order valence-corrected chi connectivity index (χ1v) is 6.12. The molecular formula is C10H9N5O4S. The number of aromatic nitrogens is 5. The molecule has 10 heteroatoms. The van der Waals surface area contributed by atoms with Crippen LogP contribution in [0, 0.1) is 0 Å². The SMILES string of the molecule is COC(=O)c1cc(Sc2nnnn2CC(=O)O)ccn1. The van der Waals surface area contributed by atoms with Gasteiger partial charge in [0.05, 0.1) is 7.11 Å². The van der Waals surface area contributed by atoms with Crippen molar-refractivity contribution in [2.45, 2.75) is 16.6 Å². The van der Waals surface area contributed by atoms with Gasteiger partial charge in [-0.05, 0) is 34.3 Å². The van der Waals surface area contributed by atoms with E-state index in [9.17, 15) is 9.59 Å². The summed E-state index contributed by atoms with van der Waals surface area (Å²) in [6, 6.07) is 3.16. The monoisotopic (exact) mass is 295 g/mol. The highest BCUT2D eigenvalue weighted by Crippen LogP contribution is 2.25. The van der Waals surface area contributed by atoms with Gasteiger partial charge in [0.15, 0.2) is 0 Å². The van der Waals surface area contributed by atoms with Crippen molar-refractivity contribution in [2.24, 2.45) is 0 Å². The minimum absolute atomic E-state index is 0.148. The number of tetrazole rings is 1. The highest BCUT2D eigenvalue weighted by molar-refractivity contribution is 7.99. The first kappa shape index (κ1) is 13.9. The van der Waals surface area contributed by atoms with Crippen molar-refractivity contribution in [3.63, 3.8) is 0 Å². The van der Waals surface area contributed by atoms with Gasteiger partial charge in [-0.1, -0.05) is 0 Å². The van der Waals surface area contributed by atoms with E-state index in [0.29, 0.717) is 10.1 Å². The van der Waals surface area contributed by atoms with E-state index in [-0.39, 0.29) is 12.2 Å². The summed E-state index contributed by atoms with van der Waals surface area (Å²) in [6.45, 7) is -0.343. The van der Waals surface area contributed by atoms with E-state index in [2.05, 4.69) is 25.2 Å². The van der Waals surface area contributed by atoms with Gasteiger partial charge >= 0.3 is 11.9 Å². The molecule has 0 aliphatic carbocycles. The maximum Gasteiger partial charge on any atom is 0.356 e.